The monoisotopic (exact) mass is 526 g/mol. The van der Waals surface area contributed by atoms with Crippen LogP contribution in [0, 0.1) is 11.6 Å². The maximum Gasteiger partial charge on any atom is 0.312 e. The van der Waals surface area contributed by atoms with Gasteiger partial charge in [0.1, 0.15) is 11.6 Å². The highest BCUT2D eigenvalue weighted by Gasteiger charge is 2.10. The van der Waals surface area contributed by atoms with Crippen LogP contribution in [0.5, 0.6) is 0 Å². The van der Waals surface area contributed by atoms with Crippen LogP contribution in [-0.4, -0.2) is 23.1 Å². The van der Waals surface area contributed by atoms with Crippen molar-refractivity contribution in [3.8, 4) is 0 Å². The number of amides is 4. The number of nitrogens with two attached hydrogens (primary N) is 1. The summed E-state index contributed by atoms with van der Waals surface area (Å²) >= 11 is 1.28. The Labute approximate surface area is 215 Å². The Kier molecular flexibility index (Phi) is 9.64. The van der Waals surface area contributed by atoms with Crippen molar-refractivity contribution in [1.82, 2.24) is 10.8 Å². The minimum atomic E-state index is -0.747. The van der Waals surface area contributed by atoms with Crippen LogP contribution in [0.15, 0.2) is 72.8 Å². The van der Waals surface area contributed by atoms with Crippen molar-refractivity contribution < 1.29 is 28.4 Å². The standard InChI is InChI=1S/C18H16N2O3S.C8H8F2N2O/c21-17(9-6-12-4-2-1-3-5-12)19-14-7-8-15-13(10-14)11-16(24-15)18(22)20-23;9-6-2-1-5(7(10)3-6)4-12-8(11)13/h1-5,7-8,10-11,23H,6,9H2,(H,19,21)(H,20,22);1-3H,4H2,(H3,11,12,13). The molecular formula is C26H24F2N4O4S. The first-order chi connectivity index (χ1) is 17.7. The van der Waals surface area contributed by atoms with Gasteiger partial charge in [-0.2, -0.15) is 0 Å². The Hall–Kier alpha value is -4.35. The molecule has 0 aliphatic heterocycles. The molecule has 0 unspecified atom stereocenters. The average Bonchev–Trinajstić information content (AvgIpc) is 3.31. The summed E-state index contributed by atoms with van der Waals surface area (Å²) in [6.45, 7) is -0.0402. The van der Waals surface area contributed by atoms with Gasteiger partial charge in [-0.25, -0.2) is 19.1 Å². The van der Waals surface area contributed by atoms with Crippen molar-refractivity contribution in [2.45, 2.75) is 19.4 Å². The molecule has 192 valence electrons. The van der Waals surface area contributed by atoms with Crippen molar-refractivity contribution in [2.75, 3.05) is 5.32 Å². The van der Waals surface area contributed by atoms with E-state index < -0.39 is 23.6 Å². The third-order valence-corrected chi connectivity index (χ3v) is 6.19. The average molecular weight is 527 g/mol. The number of primary amides is 1. The van der Waals surface area contributed by atoms with Crippen molar-refractivity contribution in [2.24, 2.45) is 5.73 Å². The number of hydrogen-bond donors (Lipinski definition) is 5. The molecule has 0 saturated carbocycles. The Bertz CT molecular complexity index is 1400. The van der Waals surface area contributed by atoms with Crippen molar-refractivity contribution >= 4 is 45.0 Å². The van der Waals surface area contributed by atoms with Gasteiger partial charge in [0.05, 0.1) is 4.88 Å². The zero-order chi connectivity index (χ0) is 26.8. The van der Waals surface area contributed by atoms with Gasteiger partial charge in [-0.1, -0.05) is 36.4 Å². The van der Waals surface area contributed by atoms with E-state index >= 15 is 0 Å². The highest BCUT2D eigenvalue weighted by atomic mass is 32.1. The van der Waals surface area contributed by atoms with Crippen LogP contribution in [0.3, 0.4) is 0 Å². The number of fused-ring (bicyclic) bond motifs is 1. The van der Waals surface area contributed by atoms with Gasteiger partial charge < -0.3 is 16.4 Å². The number of urea groups is 1. The van der Waals surface area contributed by atoms with Crippen molar-refractivity contribution in [1.29, 1.82) is 0 Å². The summed E-state index contributed by atoms with van der Waals surface area (Å²) in [7, 11) is 0. The number of rotatable bonds is 7. The molecule has 0 radical (unpaired) electrons. The van der Waals surface area contributed by atoms with Gasteiger partial charge in [-0.05, 0) is 47.7 Å². The second kappa shape index (κ2) is 13.1. The molecule has 4 amide bonds. The normalized spacial score (nSPS) is 10.2. The molecule has 4 rings (SSSR count). The summed E-state index contributed by atoms with van der Waals surface area (Å²) in [5.74, 6) is -1.94. The maximum absolute atomic E-state index is 12.9. The van der Waals surface area contributed by atoms with Crippen LogP contribution in [0.25, 0.3) is 10.1 Å². The molecule has 0 aliphatic rings. The lowest BCUT2D eigenvalue weighted by atomic mass is 10.1. The van der Waals surface area contributed by atoms with Crippen LogP contribution in [0.2, 0.25) is 0 Å². The molecule has 8 nitrogen and oxygen atoms in total. The highest BCUT2D eigenvalue weighted by Crippen LogP contribution is 2.28. The molecule has 0 atom stereocenters. The van der Waals surface area contributed by atoms with Crippen LogP contribution >= 0.6 is 11.3 Å². The van der Waals surface area contributed by atoms with Gasteiger partial charge in [0.2, 0.25) is 5.91 Å². The van der Waals surface area contributed by atoms with E-state index in [1.54, 1.807) is 17.6 Å². The smallest absolute Gasteiger partial charge is 0.312 e. The first-order valence-electron chi connectivity index (χ1n) is 11.0. The SMILES string of the molecule is NC(=O)NCc1ccc(F)cc1F.O=C(CCc1ccccc1)Nc1ccc2sc(C(=O)NO)cc2c1. The van der Waals surface area contributed by atoms with Crippen molar-refractivity contribution in [3.05, 3.63) is 100 Å². The van der Waals surface area contributed by atoms with E-state index in [0.29, 0.717) is 23.4 Å². The van der Waals surface area contributed by atoms with Crippen LogP contribution in [-0.2, 0) is 17.8 Å². The molecule has 37 heavy (non-hydrogen) atoms. The second-order valence-corrected chi connectivity index (χ2v) is 8.88. The highest BCUT2D eigenvalue weighted by molar-refractivity contribution is 7.20. The van der Waals surface area contributed by atoms with Gasteiger partial charge in [0.15, 0.2) is 0 Å². The lowest BCUT2D eigenvalue weighted by molar-refractivity contribution is -0.116. The molecule has 4 aromatic rings. The van der Waals surface area contributed by atoms with Gasteiger partial charge in [0, 0.05) is 35.0 Å². The number of aryl methyl sites for hydroxylation is 1. The van der Waals surface area contributed by atoms with Crippen LogP contribution in [0.4, 0.5) is 19.3 Å². The summed E-state index contributed by atoms with van der Waals surface area (Å²) < 4.78 is 26.2. The van der Waals surface area contributed by atoms with E-state index in [-0.39, 0.29) is 18.0 Å². The molecule has 0 bridgehead atoms. The fraction of sp³-hybridized carbons (Fsp3) is 0.115. The molecule has 0 spiro atoms. The first kappa shape index (κ1) is 27.2. The van der Waals surface area contributed by atoms with Crippen LogP contribution in [0.1, 0.15) is 27.2 Å². The topological polar surface area (TPSA) is 134 Å². The third kappa shape index (κ3) is 8.37. The number of thiophene rings is 1. The molecule has 0 fully saturated rings. The number of hydrogen-bond acceptors (Lipinski definition) is 5. The lowest BCUT2D eigenvalue weighted by Gasteiger charge is -2.05. The number of nitrogens with one attached hydrogen (secondary N) is 3. The van der Waals surface area contributed by atoms with Crippen LogP contribution < -0.4 is 21.8 Å². The summed E-state index contributed by atoms with van der Waals surface area (Å²) in [5, 5.41) is 14.6. The Balaban J connectivity index is 0.000000248. The van der Waals surface area contributed by atoms with E-state index in [0.717, 1.165) is 27.8 Å². The molecule has 6 N–H and O–H groups in total. The number of carbonyl (C=O) groups is 3. The zero-order valence-electron chi connectivity index (χ0n) is 19.5. The molecular weight excluding hydrogens is 502 g/mol. The first-order valence-corrected chi connectivity index (χ1v) is 11.9. The Morgan fingerprint density at radius 1 is 0.946 bits per heavy atom. The molecule has 1 heterocycles. The molecule has 3 aromatic carbocycles. The number of benzene rings is 3. The predicted molar refractivity (Wildman–Crippen MR) is 137 cm³/mol. The zero-order valence-corrected chi connectivity index (χ0v) is 20.3. The molecule has 0 saturated heterocycles. The predicted octanol–water partition coefficient (Wildman–Crippen LogP) is 4.72. The van der Waals surface area contributed by atoms with E-state index in [1.165, 1.54) is 17.4 Å². The minimum absolute atomic E-state index is 0.0402. The van der Waals surface area contributed by atoms with Gasteiger partial charge >= 0.3 is 6.03 Å². The second-order valence-electron chi connectivity index (χ2n) is 7.79. The molecule has 1 aromatic heterocycles. The Morgan fingerprint density at radius 3 is 2.38 bits per heavy atom. The van der Waals surface area contributed by atoms with Gasteiger partial charge in [-0.3, -0.25) is 14.8 Å². The summed E-state index contributed by atoms with van der Waals surface area (Å²) in [6, 6.07) is 19.4. The van der Waals surface area contributed by atoms with Crippen molar-refractivity contribution in [3.63, 3.8) is 0 Å². The fourth-order valence-electron chi connectivity index (χ4n) is 3.26. The molecule has 0 aliphatic carbocycles. The maximum atomic E-state index is 12.9. The van der Waals surface area contributed by atoms with E-state index in [2.05, 4.69) is 10.6 Å². The number of hydroxylamine groups is 1. The largest absolute Gasteiger partial charge is 0.352 e. The summed E-state index contributed by atoms with van der Waals surface area (Å²) in [4.78, 5) is 34.2. The lowest BCUT2D eigenvalue weighted by Crippen LogP contribution is -2.28. The number of carbonyl (C=O) groups excluding carboxylic acids is 3. The minimum Gasteiger partial charge on any atom is -0.352 e. The number of halogens is 2. The number of anilines is 1. The summed E-state index contributed by atoms with van der Waals surface area (Å²) in [6.07, 6.45) is 1.10. The van der Waals surface area contributed by atoms with Gasteiger partial charge in [-0.15, -0.1) is 11.3 Å². The summed E-state index contributed by atoms with van der Waals surface area (Å²) in [5.41, 5.74) is 8.41. The van der Waals surface area contributed by atoms with E-state index in [9.17, 15) is 23.2 Å². The van der Waals surface area contributed by atoms with E-state index in [4.69, 9.17) is 10.9 Å². The Morgan fingerprint density at radius 2 is 1.70 bits per heavy atom. The van der Waals surface area contributed by atoms with E-state index in [1.807, 2.05) is 42.5 Å². The quantitative estimate of drug-likeness (QED) is 0.176. The molecule has 11 heteroatoms. The fourth-order valence-corrected chi connectivity index (χ4v) is 4.19. The van der Waals surface area contributed by atoms with Gasteiger partial charge in [0.25, 0.3) is 5.91 Å². The third-order valence-electron chi connectivity index (χ3n) is 5.08.